The third kappa shape index (κ3) is 3.51. The van der Waals surface area contributed by atoms with Crippen LogP contribution in [0.25, 0.3) is 10.8 Å². The van der Waals surface area contributed by atoms with Crippen molar-refractivity contribution in [2.45, 2.75) is 19.9 Å². The number of carbonyl (C=O) groups excluding carboxylic acids is 1. The average Bonchev–Trinajstić information content (AvgIpc) is 3.32. The third-order valence-electron chi connectivity index (χ3n) is 3.77. The number of carbonyl (C=O) groups is 1. The molecule has 1 aliphatic heterocycles. The Labute approximate surface area is 148 Å². The molecule has 128 valence electrons. The number of rotatable bonds is 5. The number of aromatic nitrogens is 1. The van der Waals surface area contributed by atoms with E-state index in [0.29, 0.717) is 12.3 Å². The first-order chi connectivity index (χ1) is 12.2. The first-order valence-electron chi connectivity index (χ1n) is 7.84. The van der Waals surface area contributed by atoms with Gasteiger partial charge in [-0.05, 0) is 36.8 Å². The van der Waals surface area contributed by atoms with E-state index in [0.717, 1.165) is 33.5 Å². The van der Waals surface area contributed by atoms with E-state index < -0.39 is 0 Å². The van der Waals surface area contributed by atoms with Crippen molar-refractivity contribution in [2.24, 2.45) is 0 Å². The SMILES string of the molecule is Cc1ccc(-c2nc(CC(=O)NCc3ccc4c(c3)OCO4)cs2)o1. The molecule has 0 saturated heterocycles. The molecule has 1 N–H and O–H groups in total. The van der Waals surface area contributed by atoms with Gasteiger partial charge in [-0.15, -0.1) is 11.3 Å². The number of thiazole rings is 1. The number of fused-ring (bicyclic) bond motifs is 1. The molecule has 3 aromatic rings. The molecule has 1 amide bonds. The number of hydrogen-bond donors (Lipinski definition) is 1. The van der Waals surface area contributed by atoms with Crippen LogP contribution in [0.1, 0.15) is 17.0 Å². The highest BCUT2D eigenvalue weighted by molar-refractivity contribution is 7.13. The molecule has 0 fully saturated rings. The molecule has 1 aromatic carbocycles. The molecule has 0 aliphatic carbocycles. The van der Waals surface area contributed by atoms with Crippen LogP contribution >= 0.6 is 11.3 Å². The van der Waals surface area contributed by atoms with Gasteiger partial charge in [0.1, 0.15) is 5.76 Å². The Hall–Kier alpha value is -2.80. The summed E-state index contributed by atoms with van der Waals surface area (Å²) < 4.78 is 16.2. The van der Waals surface area contributed by atoms with Gasteiger partial charge in [-0.3, -0.25) is 4.79 Å². The highest BCUT2D eigenvalue weighted by Gasteiger charge is 2.14. The highest BCUT2D eigenvalue weighted by atomic mass is 32.1. The third-order valence-corrected chi connectivity index (χ3v) is 4.68. The zero-order valence-electron chi connectivity index (χ0n) is 13.6. The van der Waals surface area contributed by atoms with Crippen molar-refractivity contribution in [1.29, 1.82) is 0 Å². The van der Waals surface area contributed by atoms with Gasteiger partial charge in [-0.25, -0.2) is 4.98 Å². The quantitative estimate of drug-likeness (QED) is 0.759. The summed E-state index contributed by atoms with van der Waals surface area (Å²) in [7, 11) is 0. The summed E-state index contributed by atoms with van der Waals surface area (Å²) in [6.07, 6.45) is 0.237. The Balaban J connectivity index is 1.34. The fourth-order valence-electron chi connectivity index (χ4n) is 2.53. The molecule has 25 heavy (non-hydrogen) atoms. The fourth-order valence-corrected chi connectivity index (χ4v) is 3.31. The molecular weight excluding hydrogens is 340 g/mol. The number of furan rings is 1. The summed E-state index contributed by atoms with van der Waals surface area (Å²) in [5.41, 5.74) is 1.69. The molecule has 6 nitrogen and oxygen atoms in total. The minimum atomic E-state index is -0.0786. The summed E-state index contributed by atoms with van der Waals surface area (Å²) in [6.45, 7) is 2.57. The Morgan fingerprint density at radius 1 is 1.24 bits per heavy atom. The van der Waals surface area contributed by atoms with E-state index in [2.05, 4.69) is 10.3 Å². The van der Waals surface area contributed by atoms with Gasteiger partial charge in [-0.1, -0.05) is 6.07 Å². The average molecular weight is 356 g/mol. The van der Waals surface area contributed by atoms with E-state index in [1.807, 2.05) is 42.6 Å². The number of benzene rings is 1. The second-order valence-corrected chi connectivity index (χ2v) is 6.55. The van der Waals surface area contributed by atoms with Crippen LogP contribution in [-0.2, 0) is 17.8 Å². The fraction of sp³-hybridized carbons (Fsp3) is 0.222. The number of nitrogens with zero attached hydrogens (tertiary/aromatic N) is 1. The van der Waals surface area contributed by atoms with Crippen molar-refractivity contribution < 1.29 is 18.7 Å². The van der Waals surface area contributed by atoms with Crippen LogP contribution in [0.2, 0.25) is 0 Å². The van der Waals surface area contributed by atoms with Crippen LogP contribution in [0.5, 0.6) is 11.5 Å². The Kier molecular flexibility index (Phi) is 4.15. The summed E-state index contributed by atoms with van der Waals surface area (Å²) in [4.78, 5) is 16.6. The predicted octanol–water partition coefficient (Wildman–Crippen LogP) is 3.30. The largest absolute Gasteiger partial charge is 0.459 e. The molecule has 0 spiro atoms. The van der Waals surface area contributed by atoms with Crippen LogP contribution in [0, 0.1) is 6.92 Å². The van der Waals surface area contributed by atoms with Crippen molar-refractivity contribution in [1.82, 2.24) is 10.3 Å². The van der Waals surface area contributed by atoms with Crippen molar-refractivity contribution in [3.05, 3.63) is 52.7 Å². The maximum Gasteiger partial charge on any atom is 0.231 e. The van der Waals surface area contributed by atoms with Crippen LogP contribution in [0.3, 0.4) is 0 Å². The first kappa shape index (κ1) is 15.7. The van der Waals surface area contributed by atoms with Gasteiger partial charge in [0.15, 0.2) is 22.3 Å². The second kappa shape index (κ2) is 6.60. The standard InChI is InChI=1S/C18H16N2O4S/c1-11-2-4-15(24-11)18-20-13(9-25-18)7-17(21)19-8-12-3-5-14-16(6-12)23-10-22-14/h2-6,9H,7-8,10H2,1H3,(H,19,21). The molecule has 0 unspecified atom stereocenters. The smallest absolute Gasteiger partial charge is 0.231 e. The summed E-state index contributed by atoms with van der Waals surface area (Å²) in [5, 5.41) is 5.56. The van der Waals surface area contributed by atoms with E-state index >= 15 is 0 Å². The number of hydrogen-bond acceptors (Lipinski definition) is 6. The lowest BCUT2D eigenvalue weighted by molar-refractivity contribution is -0.120. The van der Waals surface area contributed by atoms with Gasteiger partial charge in [0.25, 0.3) is 0 Å². The maximum atomic E-state index is 12.1. The maximum absolute atomic E-state index is 12.1. The topological polar surface area (TPSA) is 73.6 Å². The van der Waals surface area contributed by atoms with E-state index in [-0.39, 0.29) is 19.1 Å². The van der Waals surface area contributed by atoms with Crippen LogP contribution in [0.4, 0.5) is 0 Å². The number of ether oxygens (including phenoxy) is 2. The lowest BCUT2D eigenvalue weighted by Crippen LogP contribution is -2.24. The van der Waals surface area contributed by atoms with Gasteiger partial charge in [-0.2, -0.15) is 0 Å². The van der Waals surface area contributed by atoms with Crippen LogP contribution < -0.4 is 14.8 Å². The Bertz CT molecular complexity index is 915. The second-order valence-electron chi connectivity index (χ2n) is 5.70. The normalized spacial score (nSPS) is 12.4. The zero-order chi connectivity index (χ0) is 17.2. The monoisotopic (exact) mass is 356 g/mol. The van der Waals surface area contributed by atoms with Crippen molar-refractivity contribution in [3.63, 3.8) is 0 Å². The minimum absolute atomic E-state index is 0.0786. The number of aryl methyl sites for hydroxylation is 1. The van der Waals surface area contributed by atoms with Gasteiger partial charge in [0, 0.05) is 11.9 Å². The van der Waals surface area contributed by atoms with E-state index in [1.54, 1.807) is 0 Å². The first-order valence-corrected chi connectivity index (χ1v) is 8.72. The molecule has 3 heterocycles. The van der Waals surface area contributed by atoms with Gasteiger partial charge in [0.05, 0.1) is 12.1 Å². The van der Waals surface area contributed by atoms with Crippen LogP contribution in [0.15, 0.2) is 40.1 Å². The minimum Gasteiger partial charge on any atom is -0.459 e. The van der Waals surface area contributed by atoms with Crippen molar-refractivity contribution in [3.8, 4) is 22.3 Å². The number of amides is 1. The number of nitrogens with one attached hydrogen (secondary N) is 1. The molecular formula is C18H16N2O4S. The summed E-state index contributed by atoms with van der Waals surface area (Å²) >= 11 is 1.47. The highest BCUT2D eigenvalue weighted by Crippen LogP contribution is 2.32. The lowest BCUT2D eigenvalue weighted by Gasteiger charge is -2.05. The van der Waals surface area contributed by atoms with E-state index in [9.17, 15) is 4.79 Å². The van der Waals surface area contributed by atoms with Crippen molar-refractivity contribution in [2.75, 3.05) is 6.79 Å². The molecule has 2 aromatic heterocycles. The summed E-state index contributed by atoms with van der Waals surface area (Å²) in [6, 6.07) is 9.42. The molecule has 1 aliphatic rings. The molecule has 0 bridgehead atoms. The van der Waals surface area contributed by atoms with E-state index in [4.69, 9.17) is 13.9 Å². The van der Waals surface area contributed by atoms with Gasteiger partial charge >= 0.3 is 0 Å². The lowest BCUT2D eigenvalue weighted by atomic mass is 10.2. The van der Waals surface area contributed by atoms with Gasteiger partial charge in [0.2, 0.25) is 12.7 Å². The molecule has 7 heteroatoms. The summed E-state index contributed by atoms with van der Waals surface area (Å²) in [5.74, 6) is 2.94. The molecule has 0 saturated carbocycles. The Morgan fingerprint density at radius 2 is 2.12 bits per heavy atom. The van der Waals surface area contributed by atoms with E-state index in [1.165, 1.54) is 11.3 Å². The predicted molar refractivity (Wildman–Crippen MR) is 92.7 cm³/mol. The van der Waals surface area contributed by atoms with Gasteiger partial charge < -0.3 is 19.2 Å². The Morgan fingerprint density at radius 3 is 2.96 bits per heavy atom. The molecule has 4 rings (SSSR count). The molecule has 0 atom stereocenters. The van der Waals surface area contributed by atoms with Crippen LogP contribution in [-0.4, -0.2) is 17.7 Å². The zero-order valence-corrected chi connectivity index (χ0v) is 14.4. The molecule has 0 radical (unpaired) electrons. The van der Waals surface area contributed by atoms with Crippen molar-refractivity contribution >= 4 is 17.2 Å².